The molecule has 0 atom stereocenters. The second-order valence-electron chi connectivity index (χ2n) is 7.66. The zero-order valence-electron chi connectivity index (χ0n) is 14.7. The summed E-state index contributed by atoms with van der Waals surface area (Å²) in [7, 11) is 0. The van der Waals surface area contributed by atoms with Gasteiger partial charge in [0, 0.05) is 25.7 Å². The van der Waals surface area contributed by atoms with Crippen LogP contribution in [0.5, 0.6) is 0 Å². The molecular formula is C18H27N5O2. The Kier molecular flexibility index (Phi) is 4.74. The van der Waals surface area contributed by atoms with Crippen molar-refractivity contribution in [2.24, 2.45) is 11.3 Å². The number of morpholine rings is 1. The van der Waals surface area contributed by atoms with Crippen LogP contribution < -0.4 is 15.8 Å². The summed E-state index contributed by atoms with van der Waals surface area (Å²) < 4.78 is 5.36. The lowest BCUT2D eigenvalue weighted by atomic mass is 9.80. The number of nitrogens with zero attached hydrogens (tertiary/aromatic N) is 3. The predicted octanol–water partition coefficient (Wildman–Crippen LogP) is 2.12. The number of nitrogens with one attached hydrogen (secondary N) is 2. The molecule has 2 heterocycles. The predicted molar refractivity (Wildman–Crippen MR) is 95.1 cm³/mol. The van der Waals surface area contributed by atoms with Gasteiger partial charge in [0.2, 0.25) is 11.9 Å². The highest BCUT2D eigenvalue weighted by molar-refractivity contribution is 5.77. The normalized spacial score (nSPS) is 28.2. The van der Waals surface area contributed by atoms with E-state index in [4.69, 9.17) is 4.74 Å². The van der Waals surface area contributed by atoms with E-state index in [0.29, 0.717) is 31.0 Å². The first-order chi connectivity index (χ1) is 12.2. The van der Waals surface area contributed by atoms with Gasteiger partial charge < -0.3 is 9.64 Å². The Bertz CT molecular complexity index is 609. The lowest BCUT2D eigenvalue weighted by Crippen LogP contribution is -2.37. The first-order valence-electron chi connectivity index (χ1n) is 9.43. The molecule has 0 spiro atoms. The van der Waals surface area contributed by atoms with Gasteiger partial charge in [-0.15, -0.1) is 0 Å². The van der Waals surface area contributed by atoms with Crippen LogP contribution in [0.4, 0.5) is 11.8 Å². The van der Waals surface area contributed by atoms with Gasteiger partial charge >= 0.3 is 0 Å². The summed E-state index contributed by atoms with van der Waals surface area (Å²) in [5.74, 6) is 2.23. The number of amides is 1. The number of ether oxygens (including phenoxy) is 1. The van der Waals surface area contributed by atoms with Gasteiger partial charge in [-0.25, -0.2) is 4.98 Å². The molecule has 0 aromatic carbocycles. The molecule has 2 saturated carbocycles. The van der Waals surface area contributed by atoms with Crippen LogP contribution in [0.3, 0.4) is 0 Å². The molecule has 1 amide bonds. The second-order valence-corrected chi connectivity index (χ2v) is 7.66. The van der Waals surface area contributed by atoms with Gasteiger partial charge in [-0.3, -0.25) is 15.6 Å². The molecular weight excluding hydrogens is 318 g/mol. The van der Waals surface area contributed by atoms with Gasteiger partial charge in [0.05, 0.1) is 13.2 Å². The molecule has 1 aliphatic heterocycles. The van der Waals surface area contributed by atoms with E-state index < -0.39 is 0 Å². The number of carbonyl (C=O) groups excluding carboxylic acids is 1. The number of hydrogen-bond acceptors (Lipinski definition) is 6. The Labute approximate surface area is 148 Å². The molecule has 1 saturated heterocycles. The zero-order valence-corrected chi connectivity index (χ0v) is 14.7. The fourth-order valence-electron chi connectivity index (χ4n) is 4.61. The van der Waals surface area contributed by atoms with Crippen LogP contribution in [0.25, 0.3) is 0 Å². The minimum Gasteiger partial charge on any atom is -0.378 e. The number of aromatic nitrogens is 2. The number of anilines is 2. The maximum atomic E-state index is 12.2. The minimum absolute atomic E-state index is 0.0186. The van der Waals surface area contributed by atoms with Gasteiger partial charge in [-0.05, 0) is 55.9 Å². The van der Waals surface area contributed by atoms with Gasteiger partial charge in [-0.2, -0.15) is 4.98 Å². The third-order valence-electron chi connectivity index (χ3n) is 6.06. The smallest absolute Gasteiger partial charge is 0.243 e. The maximum absolute atomic E-state index is 12.2. The number of hydrazine groups is 1. The van der Waals surface area contributed by atoms with Crippen LogP contribution in [-0.2, 0) is 9.53 Å². The molecule has 2 aliphatic carbocycles. The highest BCUT2D eigenvalue weighted by Gasteiger charge is 2.44. The number of rotatable bonds is 6. The van der Waals surface area contributed by atoms with E-state index in [2.05, 4.69) is 25.7 Å². The van der Waals surface area contributed by atoms with Crippen molar-refractivity contribution in [1.29, 1.82) is 0 Å². The van der Waals surface area contributed by atoms with E-state index in [1.807, 2.05) is 6.07 Å². The van der Waals surface area contributed by atoms with Gasteiger partial charge in [0.25, 0.3) is 0 Å². The standard InChI is InChI=1S/C18H27N5O2/c24-16(3-7-18-5-1-14(13-18)2-6-18)21-22-17-19-8-4-15(20-17)23-9-11-25-12-10-23/h4,8,14H,1-3,5-7,9-13H2,(H,21,24)(H,19,20,22). The van der Waals surface area contributed by atoms with Crippen LogP contribution in [0.2, 0.25) is 0 Å². The molecule has 1 aromatic heterocycles. The topological polar surface area (TPSA) is 79.4 Å². The van der Waals surface area contributed by atoms with E-state index in [9.17, 15) is 4.79 Å². The fraction of sp³-hybridized carbons (Fsp3) is 0.722. The van der Waals surface area contributed by atoms with Crippen LogP contribution in [0, 0.1) is 11.3 Å². The Morgan fingerprint density at radius 3 is 2.84 bits per heavy atom. The summed E-state index contributed by atoms with van der Waals surface area (Å²) in [6.07, 6.45) is 9.96. The van der Waals surface area contributed by atoms with Crippen LogP contribution in [0.1, 0.15) is 44.9 Å². The lowest BCUT2D eigenvalue weighted by Gasteiger charge is -2.27. The van der Waals surface area contributed by atoms with Gasteiger partial charge in [0.15, 0.2) is 0 Å². The van der Waals surface area contributed by atoms with Crippen molar-refractivity contribution < 1.29 is 9.53 Å². The largest absolute Gasteiger partial charge is 0.378 e. The Morgan fingerprint density at radius 2 is 2.12 bits per heavy atom. The summed E-state index contributed by atoms with van der Waals surface area (Å²) in [6, 6.07) is 1.88. The van der Waals surface area contributed by atoms with Crippen molar-refractivity contribution in [2.75, 3.05) is 36.6 Å². The Balaban J connectivity index is 1.25. The molecule has 1 aromatic rings. The number of hydrogen-bond donors (Lipinski definition) is 2. The average molecular weight is 345 g/mol. The van der Waals surface area contributed by atoms with Crippen molar-refractivity contribution in [3.63, 3.8) is 0 Å². The van der Waals surface area contributed by atoms with E-state index in [-0.39, 0.29) is 5.91 Å². The van der Waals surface area contributed by atoms with E-state index in [1.165, 1.54) is 32.1 Å². The van der Waals surface area contributed by atoms with Crippen LogP contribution in [0.15, 0.2) is 12.3 Å². The summed E-state index contributed by atoms with van der Waals surface area (Å²) in [5, 5.41) is 0. The van der Waals surface area contributed by atoms with Crippen LogP contribution in [-0.4, -0.2) is 42.2 Å². The van der Waals surface area contributed by atoms with E-state index in [1.54, 1.807) is 6.20 Å². The van der Waals surface area contributed by atoms with Crippen molar-refractivity contribution >= 4 is 17.7 Å². The summed E-state index contributed by atoms with van der Waals surface area (Å²) in [5.41, 5.74) is 6.06. The molecule has 25 heavy (non-hydrogen) atoms. The average Bonchev–Trinajstić information content (AvgIpc) is 3.27. The first-order valence-corrected chi connectivity index (χ1v) is 9.43. The number of carbonyl (C=O) groups is 1. The van der Waals surface area contributed by atoms with Crippen molar-refractivity contribution in [3.8, 4) is 0 Å². The van der Waals surface area contributed by atoms with Gasteiger partial charge in [0.1, 0.15) is 5.82 Å². The van der Waals surface area contributed by atoms with Crippen LogP contribution >= 0.6 is 0 Å². The highest BCUT2D eigenvalue weighted by atomic mass is 16.5. The first kappa shape index (κ1) is 16.6. The third-order valence-corrected chi connectivity index (χ3v) is 6.06. The third kappa shape index (κ3) is 3.86. The number of fused-ring (bicyclic) bond motifs is 2. The quantitative estimate of drug-likeness (QED) is 0.769. The Morgan fingerprint density at radius 1 is 1.32 bits per heavy atom. The van der Waals surface area contributed by atoms with Crippen molar-refractivity contribution in [1.82, 2.24) is 15.4 Å². The van der Waals surface area contributed by atoms with Crippen molar-refractivity contribution in [2.45, 2.75) is 44.9 Å². The monoisotopic (exact) mass is 345 g/mol. The lowest BCUT2D eigenvalue weighted by molar-refractivity contribution is -0.121. The minimum atomic E-state index is 0.0186. The fourth-order valence-corrected chi connectivity index (χ4v) is 4.61. The molecule has 7 heteroatoms. The van der Waals surface area contributed by atoms with Gasteiger partial charge in [-0.1, -0.05) is 0 Å². The summed E-state index contributed by atoms with van der Waals surface area (Å²) >= 11 is 0. The molecule has 4 rings (SSSR count). The molecule has 136 valence electrons. The summed E-state index contributed by atoms with van der Waals surface area (Å²) in [4.78, 5) is 23.0. The molecule has 0 radical (unpaired) electrons. The highest BCUT2D eigenvalue weighted by Crippen LogP contribution is 2.56. The summed E-state index contributed by atoms with van der Waals surface area (Å²) in [6.45, 7) is 3.08. The molecule has 7 nitrogen and oxygen atoms in total. The van der Waals surface area contributed by atoms with E-state index in [0.717, 1.165) is 31.2 Å². The van der Waals surface area contributed by atoms with Crippen molar-refractivity contribution in [3.05, 3.63) is 12.3 Å². The molecule has 0 unspecified atom stereocenters. The zero-order chi connectivity index (χ0) is 17.1. The molecule has 2 N–H and O–H groups in total. The SMILES string of the molecule is O=C(CCC12CCC(CC1)C2)NNc1nccc(N2CCOCC2)n1. The molecule has 2 bridgehead atoms. The van der Waals surface area contributed by atoms with E-state index >= 15 is 0 Å². The molecule has 3 aliphatic rings. The second kappa shape index (κ2) is 7.15. The Hall–Kier alpha value is -1.89. The molecule has 3 fully saturated rings. The maximum Gasteiger partial charge on any atom is 0.243 e.